The second-order valence-electron chi connectivity index (χ2n) is 7.37. The predicted molar refractivity (Wildman–Crippen MR) is 130 cm³/mol. The van der Waals surface area contributed by atoms with Crippen molar-refractivity contribution in [1.29, 1.82) is 0 Å². The molecule has 0 N–H and O–H groups in total. The van der Waals surface area contributed by atoms with E-state index in [0.717, 1.165) is 27.7 Å². The van der Waals surface area contributed by atoms with Crippen LogP contribution in [0.3, 0.4) is 0 Å². The molecule has 7 heteroatoms. The first kappa shape index (κ1) is 20.7. The van der Waals surface area contributed by atoms with Crippen LogP contribution in [0.15, 0.2) is 89.1 Å². The molecule has 1 aliphatic heterocycles. The van der Waals surface area contributed by atoms with Gasteiger partial charge in [0.05, 0.1) is 23.0 Å². The number of hydrazone groups is 1. The van der Waals surface area contributed by atoms with Gasteiger partial charge in [0.25, 0.3) is 5.91 Å². The second-order valence-corrected chi connectivity index (χ2v) is 8.75. The number of rotatable bonds is 5. The van der Waals surface area contributed by atoms with Gasteiger partial charge in [0, 0.05) is 28.6 Å². The van der Waals surface area contributed by atoms with E-state index in [2.05, 4.69) is 10.1 Å². The average molecular weight is 459 g/mol. The molecule has 0 fully saturated rings. The summed E-state index contributed by atoms with van der Waals surface area (Å²) < 4.78 is 0. The summed E-state index contributed by atoms with van der Waals surface area (Å²) in [6.45, 7) is 0. The van der Waals surface area contributed by atoms with E-state index in [-0.39, 0.29) is 17.7 Å². The van der Waals surface area contributed by atoms with Gasteiger partial charge in [0.15, 0.2) is 5.16 Å². The van der Waals surface area contributed by atoms with E-state index in [1.165, 1.54) is 11.8 Å². The smallest absolute Gasteiger partial charge is 0.253 e. The zero-order valence-electron chi connectivity index (χ0n) is 17.1. The van der Waals surface area contributed by atoms with Crippen LogP contribution in [0.25, 0.3) is 22.2 Å². The molecule has 1 aromatic heterocycles. The molecule has 1 atom stereocenters. The first-order chi connectivity index (χ1) is 15.7. The third-order valence-electron chi connectivity index (χ3n) is 5.28. The number of carbonyl (C=O) groups is 1. The molecule has 1 amide bonds. The fraction of sp³-hybridized carbons (Fsp3) is 0.120. The Kier molecular flexibility index (Phi) is 5.88. The molecular formula is C25H19ClN4OS. The lowest BCUT2D eigenvalue weighted by Gasteiger charge is -2.22. The number of amides is 1. The summed E-state index contributed by atoms with van der Waals surface area (Å²) in [5, 5.41) is 7.95. The van der Waals surface area contributed by atoms with Gasteiger partial charge >= 0.3 is 0 Å². The zero-order valence-corrected chi connectivity index (χ0v) is 18.6. The highest BCUT2D eigenvalue weighted by Crippen LogP contribution is 2.32. The van der Waals surface area contributed by atoms with Crippen LogP contribution in [-0.4, -0.2) is 32.9 Å². The topological polar surface area (TPSA) is 58.5 Å². The Morgan fingerprint density at radius 2 is 1.75 bits per heavy atom. The summed E-state index contributed by atoms with van der Waals surface area (Å²) in [5.41, 5.74) is 3.64. The van der Waals surface area contributed by atoms with Crippen LogP contribution in [0.1, 0.15) is 18.0 Å². The Morgan fingerprint density at radius 3 is 2.53 bits per heavy atom. The molecule has 0 unspecified atom stereocenters. The SMILES string of the molecule is O=C(CSc1nc(-c2ccccc2)c2cc(Cl)ccc2n1)N1N=CC[C@H]1c1ccccc1. The highest BCUT2D eigenvalue weighted by molar-refractivity contribution is 7.99. The van der Waals surface area contributed by atoms with Gasteiger partial charge in [-0.3, -0.25) is 4.79 Å². The lowest BCUT2D eigenvalue weighted by Crippen LogP contribution is -2.28. The summed E-state index contributed by atoms with van der Waals surface area (Å²) >= 11 is 7.55. The summed E-state index contributed by atoms with van der Waals surface area (Å²) in [6, 6.07) is 25.4. The fourth-order valence-corrected chi connectivity index (χ4v) is 4.63. The maximum atomic E-state index is 13.0. The van der Waals surface area contributed by atoms with Crippen LogP contribution in [-0.2, 0) is 4.79 Å². The maximum absolute atomic E-state index is 13.0. The van der Waals surface area contributed by atoms with E-state index in [9.17, 15) is 4.79 Å². The van der Waals surface area contributed by atoms with Crippen LogP contribution in [0.4, 0.5) is 0 Å². The Hall–Kier alpha value is -3.22. The molecule has 0 aliphatic carbocycles. The van der Waals surface area contributed by atoms with Crippen molar-refractivity contribution in [2.75, 3.05) is 5.75 Å². The molecule has 5 rings (SSSR count). The number of hydrogen-bond donors (Lipinski definition) is 0. The quantitative estimate of drug-likeness (QED) is 0.272. The zero-order chi connectivity index (χ0) is 21.9. The monoisotopic (exact) mass is 458 g/mol. The molecule has 1 aliphatic rings. The normalized spacial score (nSPS) is 15.4. The molecule has 4 aromatic rings. The van der Waals surface area contributed by atoms with Gasteiger partial charge in [-0.25, -0.2) is 15.0 Å². The summed E-state index contributed by atoms with van der Waals surface area (Å²) in [5.74, 6) is 0.132. The van der Waals surface area contributed by atoms with Crippen molar-refractivity contribution in [1.82, 2.24) is 15.0 Å². The molecule has 0 spiro atoms. The molecule has 158 valence electrons. The summed E-state index contributed by atoms with van der Waals surface area (Å²) in [4.78, 5) is 22.4. The van der Waals surface area contributed by atoms with E-state index in [1.54, 1.807) is 11.2 Å². The highest BCUT2D eigenvalue weighted by atomic mass is 35.5. The van der Waals surface area contributed by atoms with Crippen molar-refractivity contribution >= 4 is 46.4 Å². The summed E-state index contributed by atoms with van der Waals surface area (Å²) in [7, 11) is 0. The summed E-state index contributed by atoms with van der Waals surface area (Å²) in [6.07, 6.45) is 2.51. The minimum atomic E-state index is -0.0707. The first-order valence-electron chi connectivity index (χ1n) is 10.2. The van der Waals surface area contributed by atoms with E-state index in [4.69, 9.17) is 16.6 Å². The standard InChI is InChI=1S/C25H19ClN4OS/c26-19-11-12-21-20(15-19)24(18-9-5-2-6-10-18)29-25(28-21)32-16-23(31)30-22(13-14-27-30)17-7-3-1-4-8-17/h1-12,14-15,22H,13,16H2/t22-/m0/s1. The molecule has 3 aromatic carbocycles. The van der Waals surface area contributed by atoms with Crippen LogP contribution >= 0.6 is 23.4 Å². The van der Waals surface area contributed by atoms with Crippen LogP contribution in [0.5, 0.6) is 0 Å². The number of thioether (sulfide) groups is 1. The van der Waals surface area contributed by atoms with Crippen molar-refractivity contribution in [3.8, 4) is 11.3 Å². The molecule has 32 heavy (non-hydrogen) atoms. The van der Waals surface area contributed by atoms with Gasteiger partial charge in [0.1, 0.15) is 0 Å². The van der Waals surface area contributed by atoms with E-state index >= 15 is 0 Å². The minimum Gasteiger partial charge on any atom is -0.272 e. The maximum Gasteiger partial charge on any atom is 0.253 e. The average Bonchev–Trinajstić information content (AvgIpc) is 3.33. The van der Waals surface area contributed by atoms with Crippen LogP contribution in [0.2, 0.25) is 5.02 Å². The fourth-order valence-electron chi connectivity index (χ4n) is 3.76. The molecule has 5 nitrogen and oxygen atoms in total. The Balaban J connectivity index is 1.40. The Morgan fingerprint density at radius 1 is 1.00 bits per heavy atom. The molecule has 2 heterocycles. The van der Waals surface area contributed by atoms with Crippen molar-refractivity contribution in [3.05, 3.63) is 89.4 Å². The lowest BCUT2D eigenvalue weighted by atomic mass is 10.0. The number of carbonyl (C=O) groups excluding carboxylic acids is 1. The minimum absolute atomic E-state index is 0.0659. The Labute approximate surface area is 195 Å². The van der Waals surface area contributed by atoms with E-state index in [1.807, 2.05) is 78.9 Å². The number of halogens is 1. The number of aromatic nitrogens is 2. The van der Waals surface area contributed by atoms with Gasteiger partial charge in [-0.1, -0.05) is 84.0 Å². The lowest BCUT2D eigenvalue weighted by molar-refractivity contribution is -0.130. The number of fused-ring (bicyclic) bond motifs is 1. The number of nitrogens with zero attached hydrogens (tertiary/aromatic N) is 4. The molecule has 0 saturated carbocycles. The molecular weight excluding hydrogens is 440 g/mol. The molecule has 0 bridgehead atoms. The van der Waals surface area contributed by atoms with Gasteiger partial charge in [-0.2, -0.15) is 5.10 Å². The van der Waals surface area contributed by atoms with E-state index < -0.39 is 0 Å². The third-order valence-corrected chi connectivity index (χ3v) is 6.35. The van der Waals surface area contributed by atoms with Gasteiger partial charge in [-0.15, -0.1) is 0 Å². The van der Waals surface area contributed by atoms with Gasteiger partial charge < -0.3 is 0 Å². The van der Waals surface area contributed by atoms with Crippen molar-refractivity contribution in [3.63, 3.8) is 0 Å². The number of hydrogen-bond acceptors (Lipinski definition) is 5. The van der Waals surface area contributed by atoms with Crippen molar-refractivity contribution < 1.29 is 4.79 Å². The van der Waals surface area contributed by atoms with Crippen LogP contribution < -0.4 is 0 Å². The van der Waals surface area contributed by atoms with Gasteiger partial charge in [-0.05, 0) is 23.8 Å². The molecule has 0 saturated heterocycles. The van der Waals surface area contributed by atoms with E-state index in [0.29, 0.717) is 16.6 Å². The third kappa shape index (κ3) is 4.24. The van der Waals surface area contributed by atoms with Crippen molar-refractivity contribution in [2.24, 2.45) is 5.10 Å². The largest absolute Gasteiger partial charge is 0.272 e. The predicted octanol–water partition coefficient (Wildman–Crippen LogP) is 6.00. The number of benzene rings is 3. The van der Waals surface area contributed by atoms with Gasteiger partial charge in [0.2, 0.25) is 0 Å². The highest BCUT2D eigenvalue weighted by Gasteiger charge is 2.28. The van der Waals surface area contributed by atoms with Crippen molar-refractivity contribution in [2.45, 2.75) is 17.6 Å². The Bertz CT molecular complexity index is 1300. The van der Waals surface area contributed by atoms with Crippen LogP contribution in [0, 0.1) is 0 Å². The molecule has 0 radical (unpaired) electrons. The first-order valence-corrected chi connectivity index (χ1v) is 11.6. The second kappa shape index (κ2) is 9.10.